The van der Waals surface area contributed by atoms with Crippen LogP contribution in [0.4, 0.5) is 0 Å². The van der Waals surface area contributed by atoms with Crippen LogP contribution < -0.4 is 5.43 Å². The normalized spacial score (nSPS) is 12.2. The fourth-order valence-corrected chi connectivity index (χ4v) is 2.32. The molecular weight excluding hydrogens is 340 g/mol. The van der Waals surface area contributed by atoms with Gasteiger partial charge in [-0.15, -0.1) is 0 Å². The van der Waals surface area contributed by atoms with Gasteiger partial charge in [0.25, 0.3) is 5.91 Å². The molecule has 0 aliphatic heterocycles. The Morgan fingerprint density at radius 1 is 1.08 bits per heavy atom. The topological polar surface area (TPSA) is 74.8 Å². The molecule has 0 spiro atoms. The molecule has 25 heavy (non-hydrogen) atoms. The van der Waals surface area contributed by atoms with E-state index >= 15 is 0 Å². The van der Waals surface area contributed by atoms with E-state index in [-0.39, 0.29) is 0 Å². The molecule has 1 atom stereocenters. The minimum Gasteiger partial charge on any atom is -0.455 e. The molecule has 2 aromatic carbocycles. The van der Waals surface area contributed by atoms with E-state index in [1.807, 2.05) is 12.1 Å². The number of carbonyl (C=O) groups is 1. The summed E-state index contributed by atoms with van der Waals surface area (Å²) in [5, 5.41) is 14.4. The van der Waals surface area contributed by atoms with Crippen LogP contribution in [-0.4, -0.2) is 17.2 Å². The Balaban J connectivity index is 1.61. The number of hydrazone groups is 1. The number of amides is 1. The molecule has 0 saturated carbocycles. The van der Waals surface area contributed by atoms with Gasteiger partial charge in [0.2, 0.25) is 0 Å². The van der Waals surface area contributed by atoms with Crippen LogP contribution in [0.25, 0.3) is 11.3 Å². The molecule has 2 N–H and O–H groups in total. The summed E-state index contributed by atoms with van der Waals surface area (Å²) in [6.45, 7) is 0. The van der Waals surface area contributed by atoms with Gasteiger partial charge in [0.05, 0.1) is 6.21 Å². The van der Waals surface area contributed by atoms with Crippen LogP contribution in [0.15, 0.2) is 76.2 Å². The van der Waals surface area contributed by atoms with Gasteiger partial charge >= 0.3 is 0 Å². The van der Waals surface area contributed by atoms with Crippen molar-refractivity contribution in [3.05, 3.63) is 83.1 Å². The highest BCUT2D eigenvalue weighted by atomic mass is 35.5. The third-order valence-electron chi connectivity index (χ3n) is 3.49. The second-order valence-electron chi connectivity index (χ2n) is 5.26. The molecule has 6 heteroatoms. The lowest BCUT2D eigenvalue weighted by Crippen LogP contribution is -2.25. The zero-order chi connectivity index (χ0) is 17.6. The van der Waals surface area contributed by atoms with E-state index in [0.29, 0.717) is 22.1 Å². The van der Waals surface area contributed by atoms with Crippen LogP contribution in [-0.2, 0) is 4.79 Å². The van der Waals surface area contributed by atoms with E-state index in [4.69, 9.17) is 16.0 Å². The monoisotopic (exact) mass is 354 g/mol. The molecule has 1 heterocycles. The molecule has 0 bridgehead atoms. The lowest BCUT2D eigenvalue weighted by Gasteiger charge is -2.08. The number of halogens is 1. The number of furan rings is 1. The average Bonchev–Trinajstić information content (AvgIpc) is 3.11. The summed E-state index contributed by atoms with van der Waals surface area (Å²) in [6, 6.07) is 19.4. The summed E-state index contributed by atoms with van der Waals surface area (Å²) in [5.41, 5.74) is 3.67. The summed E-state index contributed by atoms with van der Waals surface area (Å²) >= 11 is 5.86. The fourth-order valence-electron chi connectivity index (χ4n) is 2.20. The number of nitrogens with one attached hydrogen (secondary N) is 1. The number of hydrogen-bond acceptors (Lipinski definition) is 4. The second-order valence-corrected chi connectivity index (χ2v) is 5.69. The van der Waals surface area contributed by atoms with Crippen molar-refractivity contribution in [3.8, 4) is 11.3 Å². The molecule has 3 rings (SSSR count). The van der Waals surface area contributed by atoms with Crippen molar-refractivity contribution in [1.82, 2.24) is 5.43 Å². The van der Waals surface area contributed by atoms with Crippen LogP contribution >= 0.6 is 11.6 Å². The predicted octanol–water partition coefficient (Wildman–Crippen LogP) is 3.78. The van der Waals surface area contributed by atoms with Gasteiger partial charge in [-0.2, -0.15) is 5.10 Å². The lowest BCUT2D eigenvalue weighted by molar-refractivity contribution is -0.129. The van der Waals surface area contributed by atoms with Crippen molar-refractivity contribution < 1.29 is 14.3 Å². The van der Waals surface area contributed by atoms with Gasteiger partial charge in [0.1, 0.15) is 11.5 Å². The third-order valence-corrected chi connectivity index (χ3v) is 3.74. The van der Waals surface area contributed by atoms with Crippen LogP contribution in [0.5, 0.6) is 0 Å². The van der Waals surface area contributed by atoms with E-state index in [1.54, 1.807) is 54.6 Å². The molecule has 3 aromatic rings. The molecular formula is C19H15ClN2O3. The Kier molecular flexibility index (Phi) is 5.28. The lowest BCUT2D eigenvalue weighted by atomic mass is 10.1. The molecule has 0 radical (unpaired) electrons. The van der Waals surface area contributed by atoms with Crippen molar-refractivity contribution >= 4 is 23.7 Å². The molecule has 0 aliphatic rings. The summed E-state index contributed by atoms with van der Waals surface area (Å²) in [6.07, 6.45) is 0.0919. The minimum atomic E-state index is -1.28. The number of carbonyl (C=O) groups excluding carboxylic acids is 1. The minimum absolute atomic E-state index is 0.472. The number of aliphatic hydroxyl groups is 1. The largest absolute Gasteiger partial charge is 0.455 e. The van der Waals surface area contributed by atoms with E-state index in [0.717, 1.165) is 5.56 Å². The number of aliphatic hydroxyl groups excluding tert-OH is 1. The quantitative estimate of drug-likeness (QED) is 0.540. The molecule has 5 nitrogen and oxygen atoms in total. The van der Waals surface area contributed by atoms with Crippen LogP contribution in [0, 0.1) is 0 Å². The maximum absolute atomic E-state index is 11.9. The van der Waals surface area contributed by atoms with Gasteiger partial charge in [-0.05, 0) is 42.0 Å². The van der Waals surface area contributed by atoms with Crippen LogP contribution in [0.2, 0.25) is 5.02 Å². The number of hydrogen-bond donors (Lipinski definition) is 2. The second kappa shape index (κ2) is 7.79. The van der Waals surface area contributed by atoms with Gasteiger partial charge in [0.15, 0.2) is 6.10 Å². The third kappa shape index (κ3) is 4.35. The highest BCUT2D eigenvalue weighted by Crippen LogP contribution is 2.23. The maximum atomic E-state index is 11.9. The Bertz CT molecular complexity index is 873. The molecule has 0 unspecified atom stereocenters. The first-order valence-electron chi connectivity index (χ1n) is 7.55. The first-order chi connectivity index (χ1) is 12.1. The van der Waals surface area contributed by atoms with Gasteiger partial charge in [-0.25, -0.2) is 5.43 Å². The van der Waals surface area contributed by atoms with Gasteiger partial charge in [-0.3, -0.25) is 4.79 Å². The molecule has 126 valence electrons. The average molecular weight is 355 g/mol. The number of benzene rings is 2. The van der Waals surface area contributed by atoms with Gasteiger partial charge in [0, 0.05) is 10.6 Å². The predicted molar refractivity (Wildman–Crippen MR) is 96.3 cm³/mol. The highest BCUT2D eigenvalue weighted by Gasteiger charge is 2.16. The standard InChI is InChI=1S/C19H15ClN2O3/c20-15-8-6-13(7-9-15)17-11-10-16(25-17)12-21-22-19(24)18(23)14-4-2-1-3-5-14/h1-12,18,23H,(H,22,24)/b21-12-/t18-/m1/s1. The molecule has 1 amide bonds. The van der Waals surface area contributed by atoms with Crippen molar-refractivity contribution in [2.45, 2.75) is 6.10 Å². The van der Waals surface area contributed by atoms with E-state index in [9.17, 15) is 9.90 Å². The maximum Gasteiger partial charge on any atom is 0.273 e. The summed E-state index contributed by atoms with van der Waals surface area (Å²) in [4.78, 5) is 11.9. The van der Waals surface area contributed by atoms with Crippen molar-refractivity contribution in [2.24, 2.45) is 5.10 Å². The Hall–Kier alpha value is -2.89. The molecule has 0 aliphatic carbocycles. The van der Waals surface area contributed by atoms with Crippen LogP contribution in [0.1, 0.15) is 17.4 Å². The zero-order valence-corrected chi connectivity index (χ0v) is 13.9. The zero-order valence-electron chi connectivity index (χ0n) is 13.1. The van der Waals surface area contributed by atoms with Gasteiger partial charge in [-0.1, -0.05) is 41.9 Å². The Morgan fingerprint density at radius 3 is 2.52 bits per heavy atom. The Labute approximate surface area is 149 Å². The number of rotatable bonds is 5. The van der Waals surface area contributed by atoms with E-state index in [2.05, 4.69) is 10.5 Å². The smallest absolute Gasteiger partial charge is 0.273 e. The van der Waals surface area contributed by atoms with Crippen molar-refractivity contribution in [2.75, 3.05) is 0 Å². The molecule has 1 aromatic heterocycles. The SMILES string of the molecule is O=C(N/N=C\c1ccc(-c2ccc(Cl)cc2)o1)[C@H](O)c1ccccc1. The molecule has 0 saturated heterocycles. The molecule has 0 fully saturated rings. The van der Waals surface area contributed by atoms with E-state index < -0.39 is 12.0 Å². The Morgan fingerprint density at radius 2 is 1.80 bits per heavy atom. The van der Waals surface area contributed by atoms with Crippen molar-refractivity contribution in [3.63, 3.8) is 0 Å². The van der Waals surface area contributed by atoms with E-state index in [1.165, 1.54) is 6.21 Å². The first kappa shape index (κ1) is 17.0. The summed E-state index contributed by atoms with van der Waals surface area (Å²) in [7, 11) is 0. The van der Waals surface area contributed by atoms with Crippen molar-refractivity contribution in [1.29, 1.82) is 0 Å². The fraction of sp³-hybridized carbons (Fsp3) is 0.0526. The van der Waals surface area contributed by atoms with Crippen LogP contribution in [0.3, 0.4) is 0 Å². The number of nitrogens with zero attached hydrogens (tertiary/aromatic N) is 1. The highest BCUT2D eigenvalue weighted by molar-refractivity contribution is 6.30. The first-order valence-corrected chi connectivity index (χ1v) is 7.93. The summed E-state index contributed by atoms with van der Waals surface area (Å²) in [5.74, 6) is 0.514. The summed E-state index contributed by atoms with van der Waals surface area (Å²) < 4.78 is 5.63. The van der Waals surface area contributed by atoms with Gasteiger partial charge < -0.3 is 9.52 Å².